The number of hydrogen-bond donors (Lipinski definition) is 2. The van der Waals surface area contributed by atoms with E-state index >= 15 is 0 Å². The molecule has 0 aliphatic rings. The van der Waals surface area contributed by atoms with Gasteiger partial charge in [0.15, 0.2) is 11.5 Å². The number of carboxylic acids is 1. The third-order valence-corrected chi connectivity index (χ3v) is 2.35. The highest BCUT2D eigenvalue weighted by molar-refractivity contribution is 5.67. The molecule has 88 valence electrons. The molecule has 1 aromatic carbocycles. The highest BCUT2D eigenvalue weighted by Gasteiger charge is 2.10. The summed E-state index contributed by atoms with van der Waals surface area (Å²) < 4.78 is 4.93. The summed E-state index contributed by atoms with van der Waals surface area (Å²) in [7, 11) is 1.49. The summed E-state index contributed by atoms with van der Waals surface area (Å²) in [4.78, 5) is 10.5. The molecule has 0 saturated heterocycles. The van der Waals surface area contributed by atoms with Crippen molar-refractivity contribution in [3.05, 3.63) is 23.8 Å². The van der Waals surface area contributed by atoms with Crippen molar-refractivity contribution in [2.75, 3.05) is 7.11 Å². The van der Waals surface area contributed by atoms with E-state index in [9.17, 15) is 9.90 Å². The molecule has 2 N–H and O–H groups in total. The molecular formula is C12H16O4. The van der Waals surface area contributed by atoms with Crippen LogP contribution in [0.1, 0.15) is 18.9 Å². The fraction of sp³-hybridized carbons (Fsp3) is 0.417. The number of rotatable bonds is 5. The van der Waals surface area contributed by atoms with Crippen LogP contribution in [0.5, 0.6) is 11.5 Å². The van der Waals surface area contributed by atoms with Crippen LogP contribution in [0.25, 0.3) is 0 Å². The lowest BCUT2D eigenvalue weighted by molar-refractivity contribution is -0.137. The summed E-state index contributed by atoms with van der Waals surface area (Å²) in [6, 6.07) is 5.12. The van der Waals surface area contributed by atoms with Crippen molar-refractivity contribution in [2.24, 2.45) is 5.92 Å². The van der Waals surface area contributed by atoms with Gasteiger partial charge >= 0.3 is 5.97 Å². The summed E-state index contributed by atoms with van der Waals surface area (Å²) in [6.07, 6.45) is 0.761. The largest absolute Gasteiger partial charge is 0.504 e. The fourth-order valence-corrected chi connectivity index (χ4v) is 1.64. The molecule has 0 amide bonds. The molecule has 0 heterocycles. The van der Waals surface area contributed by atoms with Crippen molar-refractivity contribution >= 4 is 5.97 Å². The van der Waals surface area contributed by atoms with Gasteiger partial charge in [0.25, 0.3) is 0 Å². The summed E-state index contributed by atoms with van der Waals surface area (Å²) >= 11 is 0. The Morgan fingerprint density at radius 1 is 1.50 bits per heavy atom. The van der Waals surface area contributed by atoms with E-state index in [1.807, 2.05) is 13.0 Å². The van der Waals surface area contributed by atoms with Crippen LogP contribution in [0.15, 0.2) is 18.2 Å². The number of carbonyl (C=O) groups is 1. The van der Waals surface area contributed by atoms with Gasteiger partial charge in [-0.1, -0.05) is 13.0 Å². The number of hydrogen-bond acceptors (Lipinski definition) is 3. The van der Waals surface area contributed by atoms with Crippen LogP contribution in [0, 0.1) is 5.92 Å². The molecule has 0 bridgehead atoms. The second kappa shape index (κ2) is 5.39. The zero-order valence-electron chi connectivity index (χ0n) is 9.43. The SMILES string of the molecule is COc1ccc(CC(C)CC(=O)O)cc1O. The minimum Gasteiger partial charge on any atom is -0.504 e. The van der Waals surface area contributed by atoms with E-state index in [2.05, 4.69) is 0 Å². The van der Waals surface area contributed by atoms with Crippen LogP contribution >= 0.6 is 0 Å². The smallest absolute Gasteiger partial charge is 0.303 e. The molecule has 1 unspecified atom stereocenters. The van der Waals surface area contributed by atoms with E-state index in [1.54, 1.807) is 12.1 Å². The van der Waals surface area contributed by atoms with Gasteiger partial charge in [0.05, 0.1) is 7.11 Å². The predicted molar refractivity (Wildman–Crippen MR) is 59.8 cm³/mol. The molecule has 4 nitrogen and oxygen atoms in total. The van der Waals surface area contributed by atoms with Crippen molar-refractivity contribution in [1.29, 1.82) is 0 Å². The molecule has 1 atom stereocenters. The average Bonchev–Trinajstić information content (AvgIpc) is 2.16. The van der Waals surface area contributed by atoms with E-state index < -0.39 is 5.97 Å². The Balaban J connectivity index is 2.67. The quantitative estimate of drug-likeness (QED) is 0.803. The lowest BCUT2D eigenvalue weighted by Gasteiger charge is -2.10. The minimum atomic E-state index is -0.801. The Morgan fingerprint density at radius 3 is 2.69 bits per heavy atom. The standard InChI is InChI=1S/C12H16O4/c1-8(6-12(14)15)5-9-3-4-11(16-2)10(13)7-9/h3-4,7-8,13H,5-6H2,1-2H3,(H,14,15). The van der Waals surface area contributed by atoms with Crippen molar-refractivity contribution in [3.63, 3.8) is 0 Å². The third-order valence-electron chi connectivity index (χ3n) is 2.35. The van der Waals surface area contributed by atoms with E-state index in [4.69, 9.17) is 9.84 Å². The van der Waals surface area contributed by atoms with Crippen LogP contribution in [-0.2, 0) is 11.2 Å². The number of aromatic hydroxyl groups is 1. The normalized spacial score (nSPS) is 12.1. The fourth-order valence-electron chi connectivity index (χ4n) is 1.64. The number of phenols is 1. The molecule has 0 aliphatic heterocycles. The lowest BCUT2D eigenvalue weighted by atomic mass is 9.98. The number of aliphatic carboxylic acids is 1. The van der Waals surface area contributed by atoms with Gasteiger partial charge in [-0.3, -0.25) is 4.79 Å². The Morgan fingerprint density at radius 2 is 2.19 bits per heavy atom. The van der Waals surface area contributed by atoms with E-state index in [-0.39, 0.29) is 18.1 Å². The molecule has 0 radical (unpaired) electrons. The van der Waals surface area contributed by atoms with Crippen LogP contribution in [-0.4, -0.2) is 23.3 Å². The molecule has 4 heteroatoms. The molecule has 0 fully saturated rings. The maximum Gasteiger partial charge on any atom is 0.303 e. The van der Waals surface area contributed by atoms with E-state index in [0.29, 0.717) is 12.2 Å². The summed E-state index contributed by atoms with van der Waals surface area (Å²) in [5, 5.41) is 18.2. The van der Waals surface area contributed by atoms with Gasteiger partial charge in [0.1, 0.15) is 0 Å². The second-order valence-electron chi connectivity index (χ2n) is 3.91. The van der Waals surface area contributed by atoms with E-state index in [1.165, 1.54) is 7.11 Å². The molecule has 0 aromatic heterocycles. The molecule has 1 rings (SSSR count). The zero-order valence-corrected chi connectivity index (χ0v) is 9.43. The first-order valence-electron chi connectivity index (χ1n) is 5.10. The number of phenolic OH excluding ortho intramolecular Hbond substituents is 1. The van der Waals surface area contributed by atoms with Crippen molar-refractivity contribution in [3.8, 4) is 11.5 Å². The van der Waals surface area contributed by atoms with Crippen LogP contribution in [0.3, 0.4) is 0 Å². The Labute approximate surface area is 94.5 Å². The summed E-state index contributed by atoms with van der Waals surface area (Å²) in [6.45, 7) is 1.87. The van der Waals surface area contributed by atoms with Gasteiger partial charge in [-0.2, -0.15) is 0 Å². The number of benzene rings is 1. The van der Waals surface area contributed by atoms with Gasteiger partial charge in [-0.15, -0.1) is 0 Å². The molecule has 0 spiro atoms. The highest BCUT2D eigenvalue weighted by atomic mass is 16.5. The first-order chi connectivity index (χ1) is 7.52. The topological polar surface area (TPSA) is 66.8 Å². The van der Waals surface area contributed by atoms with Gasteiger partial charge in [0.2, 0.25) is 0 Å². The van der Waals surface area contributed by atoms with Crippen LogP contribution in [0.4, 0.5) is 0 Å². The van der Waals surface area contributed by atoms with Crippen molar-refractivity contribution in [2.45, 2.75) is 19.8 Å². The first kappa shape index (κ1) is 12.4. The average molecular weight is 224 g/mol. The van der Waals surface area contributed by atoms with Gasteiger partial charge in [0, 0.05) is 6.42 Å². The highest BCUT2D eigenvalue weighted by Crippen LogP contribution is 2.27. The predicted octanol–water partition coefficient (Wildman–Crippen LogP) is 2.05. The van der Waals surface area contributed by atoms with Gasteiger partial charge in [-0.25, -0.2) is 0 Å². The molecule has 1 aromatic rings. The molecule has 0 saturated carbocycles. The van der Waals surface area contributed by atoms with E-state index in [0.717, 1.165) is 5.56 Å². The minimum absolute atomic E-state index is 0.0466. The summed E-state index contributed by atoms with van der Waals surface area (Å²) in [5.74, 6) is -0.243. The Kier molecular flexibility index (Phi) is 4.17. The Bertz CT molecular complexity index is 373. The van der Waals surface area contributed by atoms with Crippen LogP contribution in [0.2, 0.25) is 0 Å². The van der Waals surface area contributed by atoms with Crippen molar-refractivity contribution < 1.29 is 19.7 Å². The maximum atomic E-state index is 10.5. The number of carboxylic acid groups (broad SMARTS) is 1. The molecule has 16 heavy (non-hydrogen) atoms. The maximum absolute atomic E-state index is 10.5. The van der Waals surface area contributed by atoms with Gasteiger partial charge in [-0.05, 0) is 30.0 Å². The zero-order chi connectivity index (χ0) is 12.1. The monoisotopic (exact) mass is 224 g/mol. The lowest BCUT2D eigenvalue weighted by Crippen LogP contribution is -2.06. The molecule has 0 aliphatic carbocycles. The first-order valence-corrected chi connectivity index (χ1v) is 5.10. The second-order valence-corrected chi connectivity index (χ2v) is 3.91. The van der Waals surface area contributed by atoms with Crippen molar-refractivity contribution in [1.82, 2.24) is 0 Å². The van der Waals surface area contributed by atoms with Gasteiger partial charge < -0.3 is 14.9 Å². The Hall–Kier alpha value is -1.71. The molecular weight excluding hydrogens is 208 g/mol. The number of ether oxygens (including phenoxy) is 1. The summed E-state index contributed by atoms with van der Waals surface area (Å²) in [5.41, 5.74) is 0.909. The number of methoxy groups -OCH3 is 1. The third kappa shape index (κ3) is 3.46. The van der Waals surface area contributed by atoms with Crippen LogP contribution < -0.4 is 4.74 Å².